The van der Waals surface area contributed by atoms with Crippen LogP contribution in [0.5, 0.6) is 5.75 Å². The first-order valence-corrected chi connectivity index (χ1v) is 10.6. The van der Waals surface area contributed by atoms with E-state index in [0.29, 0.717) is 29.1 Å². The minimum atomic E-state index is -0.303. The molecule has 0 radical (unpaired) electrons. The maximum Gasteiger partial charge on any atom is 0.343 e. The van der Waals surface area contributed by atoms with Crippen molar-refractivity contribution in [3.8, 4) is 5.75 Å². The van der Waals surface area contributed by atoms with Gasteiger partial charge in [0.1, 0.15) is 5.75 Å². The van der Waals surface area contributed by atoms with Crippen molar-refractivity contribution < 1.29 is 14.6 Å². The van der Waals surface area contributed by atoms with Gasteiger partial charge in [-0.25, -0.2) is 4.79 Å². The van der Waals surface area contributed by atoms with E-state index in [4.69, 9.17) is 4.74 Å². The largest absolute Gasteiger partial charge is 0.423 e. The third-order valence-corrected chi connectivity index (χ3v) is 7.87. The Hall–Kier alpha value is -2.13. The summed E-state index contributed by atoms with van der Waals surface area (Å²) < 4.78 is 5.63. The van der Waals surface area contributed by atoms with Gasteiger partial charge in [0.2, 0.25) is 0 Å². The lowest BCUT2D eigenvalue weighted by atomic mass is 9.55. The average molecular weight is 376 g/mol. The third-order valence-electron chi connectivity index (χ3n) is 7.87. The highest BCUT2D eigenvalue weighted by Crippen LogP contribution is 2.60. The van der Waals surface area contributed by atoms with Crippen LogP contribution in [0.25, 0.3) is 0 Å². The Balaban J connectivity index is 1.37. The molecule has 2 aromatic carbocycles. The van der Waals surface area contributed by atoms with Gasteiger partial charge in [0.25, 0.3) is 0 Å². The van der Waals surface area contributed by atoms with Crippen LogP contribution >= 0.6 is 0 Å². The molecule has 3 nitrogen and oxygen atoms in total. The van der Waals surface area contributed by atoms with Crippen LogP contribution in [0.4, 0.5) is 0 Å². The van der Waals surface area contributed by atoms with Crippen LogP contribution in [0.3, 0.4) is 0 Å². The van der Waals surface area contributed by atoms with Crippen LogP contribution in [-0.4, -0.2) is 17.2 Å². The fraction of sp³-hybridized carbons (Fsp3) is 0.480. The number of hydrogen-bond donors (Lipinski definition) is 1. The highest BCUT2D eigenvalue weighted by molar-refractivity contribution is 5.91. The fourth-order valence-corrected chi connectivity index (χ4v) is 6.33. The first-order valence-electron chi connectivity index (χ1n) is 10.6. The van der Waals surface area contributed by atoms with Crippen molar-refractivity contribution in [2.75, 3.05) is 0 Å². The Morgan fingerprint density at radius 3 is 2.71 bits per heavy atom. The van der Waals surface area contributed by atoms with Crippen molar-refractivity contribution in [2.24, 2.45) is 17.3 Å². The van der Waals surface area contributed by atoms with Gasteiger partial charge in [-0.3, -0.25) is 0 Å². The molecule has 3 aliphatic carbocycles. The normalized spacial score (nSPS) is 33.5. The minimum Gasteiger partial charge on any atom is -0.423 e. The molecule has 0 aliphatic heterocycles. The molecule has 0 bridgehead atoms. The van der Waals surface area contributed by atoms with Crippen molar-refractivity contribution in [3.05, 3.63) is 65.2 Å². The number of esters is 1. The standard InChI is InChI=1S/C25H28O3/c1-25-14-13-20-19-10-8-18(28-24(27)16-5-3-2-4-6-16)15-17(19)7-9-21(20)22(25)11-12-23(25)26/h2-6,8,10,15,20-23,26H,7,9,11-14H2,1H3/t20-,21+,22-,23+,25-/m0/s1. The molecule has 2 saturated carbocycles. The minimum absolute atomic E-state index is 0.115. The summed E-state index contributed by atoms with van der Waals surface area (Å²) in [6.45, 7) is 2.31. The molecule has 5 rings (SSSR count). The van der Waals surface area contributed by atoms with E-state index in [9.17, 15) is 9.90 Å². The molecule has 28 heavy (non-hydrogen) atoms. The number of carbonyl (C=O) groups excluding carboxylic acids is 1. The summed E-state index contributed by atoms with van der Waals surface area (Å²) in [6.07, 6.45) is 6.50. The molecule has 0 heterocycles. The van der Waals surface area contributed by atoms with Gasteiger partial charge in [0, 0.05) is 0 Å². The smallest absolute Gasteiger partial charge is 0.343 e. The second-order valence-electron chi connectivity index (χ2n) is 9.17. The van der Waals surface area contributed by atoms with Gasteiger partial charge in [-0.1, -0.05) is 31.2 Å². The number of fused-ring (bicyclic) bond motifs is 5. The zero-order chi connectivity index (χ0) is 19.3. The molecule has 0 saturated heterocycles. The van der Waals surface area contributed by atoms with Crippen LogP contribution in [0.15, 0.2) is 48.5 Å². The van der Waals surface area contributed by atoms with Gasteiger partial charge in [-0.15, -0.1) is 0 Å². The summed E-state index contributed by atoms with van der Waals surface area (Å²) in [7, 11) is 0. The monoisotopic (exact) mass is 376 g/mol. The lowest BCUT2D eigenvalue weighted by molar-refractivity contribution is -0.0226. The number of aliphatic hydroxyl groups excluding tert-OH is 1. The number of aliphatic hydroxyl groups is 1. The second kappa shape index (κ2) is 6.73. The first-order chi connectivity index (χ1) is 13.6. The van der Waals surface area contributed by atoms with Crippen LogP contribution in [-0.2, 0) is 6.42 Å². The summed E-state index contributed by atoms with van der Waals surface area (Å²) in [6, 6.07) is 15.4. The number of benzene rings is 2. The summed E-state index contributed by atoms with van der Waals surface area (Å²) in [5.41, 5.74) is 3.47. The van der Waals surface area contributed by atoms with Crippen molar-refractivity contribution in [1.82, 2.24) is 0 Å². The number of aryl methyl sites for hydroxylation is 1. The van der Waals surface area contributed by atoms with Crippen molar-refractivity contribution in [3.63, 3.8) is 0 Å². The second-order valence-corrected chi connectivity index (χ2v) is 9.17. The van der Waals surface area contributed by atoms with Gasteiger partial charge < -0.3 is 9.84 Å². The zero-order valence-corrected chi connectivity index (χ0v) is 16.4. The quantitative estimate of drug-likeness (QED) is 0.584. The molecule has 0 aromatic heterocycles. The highest BCUT2D eigenvalue weighted by atomic mass is 16.5. The van der Waals surface area contributed by atoms with Gasteiger partial charge in [-0.2, -0.15) is 0 Å². The van der Waals surface area contributed by atoms with Crippen molar-refractivity contribution in [1.29, 1.82) is 0 Å². The number of carbonyl (C=O) groups is 1. The molecule has 0 spiro atoms. The predicted octanol–water partition coefficient (Wildman–Crippen LogP) is 5.12. The van der Waals surface area contributed by atoms with Crippen LogP contribution in [0.2, 0.25) is 0 Å². The van der Waals surface area contributed by atoms with Gasteiger partial charge in [0.15, 0.2) is 0 Å². The molecular weight excluding hydrogens is 348 g/mol. The summed E-state index contributed by atoms with van der Waals surface area (Å²) in [5.74, 6) is 2.25. The Bertz CT molecular complexity index is 890. The molecule has 3 aliphatic rings. The topological polar surface area (TPSA) is 46.5 Å². The van der Waals surface area contributed by atoms with E-state index in [1.807, 2.05) is 24.3 Å². The molecule has 3 heteroatoms. The molecule has 0 unspecified atom stereocenters. The van der Waals surface area contributed by atoms with Crippen LogP contribution in [0.1, 0.15) is 66.4 Å². The first kappa shape index (κ1) is 17.9. The summed E-state index contributed by atoms with van der Waals surface area (Å²) >= 11 is 0. The van der Waals surface area contributed by atoms with Gasteiger partial charge in [0.05, 0.1) is 11.7 Å². The van der Waals surface area contributed by atoms with E-state index in [1.54, 1.807) is 12.1 Å². The Labute approximate surface area is 166 Å². The molecule has 5 atom stereocenters. The highest BCUT2D eigenvalue weighted by Gasteiger charge is 2.54. The lowest BCUT2D eigenvalue weighted by Gasteiger charge is -2.50. The summed E-state index contributed by atoms with van der Waals surface area (Å²) in [4.78, 5) is 12.4. The number of hydrogen-bond acceptors (Lipinski definition) is 3. The maximum atomic E-state index is 12.4. The average Bonchev–Trinajstić information content (AvgIpc) is 3.03. The molecule has 146 valence electrons. The third kappa shape index (κ3) is 2.79. The van der Waals surface area contributed by atoms with E-state index in [2.05, 4.69) is 19.1 Å². The lowest BCUT2D eigenvalue weighted by Crippen LogP contribution is -2.43. The fourth-order valence-electron chi connectivity index (χ4n) is 6.33. The Kier molecular flexibility index (Phi) is 4.31. The van der Waals surface area contributed by atoms with Crippen molar-refractivity contribution in [2.45, 2.75) is 57.5 Å². The van der Waals surface area contributed by atoms with E-state index < -0.39 is 0 Å². The van der Waals surface area contributed by atoms with Crippen LogP contribution < -0.4 is 4.74 Å². The van der Waals surface area contributed by atoms with E-state index in [-0.39, 0.29) is 17.5 Å². The molecular formula is C25H28O3. The van der Waals surface area contributed by atoms with Crippen LogP contribution in [0, 0.1) is 17.3 Å². The molecule has 2 aromatic rings. The van der Waals surface area contributed by atoms with Gasteiger partial charge in [-0.05, 0) is 97.1 Å². The number of rotatable bonds is 2. The van der Waals surface area contributed by atoms with E-state index >= 15 is 0 Å². The Morgan fingerprint density at radius 2 is 1.89 bits per heavy atom. The molecule has 1 N–H and O–H groups in total. The molecule has 0 amide bonds. The van der Waals surface area contributed by atoms with E-state index in [1.165, 1.54) is 24.0 Å². The SMILES string of the molecule is C[C@]12CC[C@H]3c4ccc(OC(=O)c5ccccc5)cc4CC[C@H]3[C@@H]1CC[C@H]2O. The Morgan fingerprint density at radius 1 is 1.07 bits per heavy atom. The van der Waals surface area contributed by atoms with E-state index in [0.717, 1.165) is 25.7 Å². The maximum absolute atomic E-state index is 12.4. The number of ether oxygens (including phenoxy) is 1. The van der Waals surface area contributed by atoms with Gasteiger partial charge >= 0.3 is 5.97 Å². The summed E-state index contributed by atoms with van der Waals surface area (Å²) in [5, 5.41) is 10.5. The molecule has 2 fully saturated rings. The van der Waals surface area contributed by atoms with Crippen molar-refractivity contribution >= 4 is 5.97 Å². The predicted molar refractivity (Wildman–Crippen MR) is 108 cm³/mol. The zero-order valence-electron chi connectivity index (χ0n) is 16.4.